The van der Waals surface area contributed by atoms with Crippen LogP contribution >= 0.6 is 0 Å². The summed E-state index contributed by atoms with van der Waals surface area (Å²) in [4.78, 5) is 0. The number of hydrogen-bond acceptors (Lipinski definition) is 2. The minimum atomic E-state index is -4.28. The Labute approximate surface area is 107 Å². The summed E-state index contributed by atoms with van der Waals surface area (Å²) in [5, 5.41) is 3.14. The fourth-order valence-corrected chi connectivity index (χ4v) is 2.72. The summed E-state index contributed by atoms with van der Waals surface area (Å²) < 4.78 is 43.4. The van der Waals surface area contributed by atoms with Gasteiger partial charge in [0.25, 0.3) is 0 Å². The first-order chi connectivity index (χ1) is 8.29. The van der Waals surface area contributed by atoms with E-state index in [0.29, 0.717) is 25.3 Å². The second kappa shape index (κ2) is 6.24. The Morgan fingerprint density at radius 2 is 2.11 bits per heavy atom. The molecule has 2 nitrogen and oxygen atoms in total. The highest BCUT2D eigenvalue weighted by molar-refractivity contribution is 4.90. The van der Waals surface area contributed by atoms with E-state index >= 15 is 0 Å². The summed E-state index contributed by atoms with van der Waals surface area (Å²) in [7, 11) is 0. The Hall–Kier alpha value is -0.290. The van der Waals surface area contributed by atoms with Crippen molar-refractivity contribution >= 4 is 0 Å². The van der Waals surface area contributed by atoms with Crippen LogP contribution in [0.1, 0.15) is 46.5 Å². The molecule has 0 bridgehead atoms. The monoisotopic (exact) mass is 267 g/mol. The topological polar surface area (TPSA) is 21.3 Å². The largest absolute Gasteiger partial charge is 0.414 e. The second-order valence-corrected chi connectivity index (χ2v) is 5.47. The predicted molar refractivity (Wildman–Crippen MR) is 65.5 cm³/mol. The third-order valence-electron chi connectivity index (χ3n) is 3.63. The van der Waals surface area contributed by atoms with Crippen molar-refractivity contribution in [1.29, 1.82) is 0 Å². The van der Waals surface area contributed by atoms with Crippen LogP contribution in [0.15, 0.2) is 0 Å². The van der Waals surface area contributed by atoms with E-state index in [-0.39, 0.29) is 0 Å². The predicted octanol–water partition coefficient (Wildman–Crippen LogP) is 3.51. The van der Waals surface area contributed by atoms with Gasteiger partial charge in [0, 0.05) is 6.54 Å². The van der Waals surface area contributed by atoms with E-state index < -0.39 is 17.9 Å². The van der Waals surface area contributed by atoms with Crippen molar-refractivity contribution in [2.75, 3.05) is 13.1 Å². The maximum atomic E-state index is 12.6. The Bertz CT molecular complexity index is 257. The van der Waals surface area contributed by atoms with Gasteiger partial charge in [0.15, 0.2) is 6.10 Å². The van der Waals surface area contributed by atoms with Crippen LogP contribution in [-0.4, -0.2) is 31.0 Å². The van der Waals surface area contributed by atoms with E-state index in [9.17, 15) is 13.2 Å². The second-order valence-electron chi connectivity index (χ2n) is 5.47. The molecule has 108 valence electrons. The molecule has 0 aromatic heterocycles. The van der Waals surface area contributed by atoms with E-state index in [1.165, 1.54) is 0 Å². The molecule has 0 heterocycles. The molecule has 0 aromatic rings. The van der Waals surface area contributed by atoms with Gasteiger partial charge in [-0.15, -0.1) is 0 Å². The quantitative estimate of drug-likeness (QED) is 0.823. The van der Waals surface area contributed by atoms with Gasteiger partial charge in [-0.1, -0.05) is 26.7 Å². The minimum absolute atomic E-state index is 0.429. The Morgan fingerprint density at radius 3 is 2.61 bits per heavy atom. The number of ether oxygens (including phenoxy) is 1. The number of rotatable bonds is 5. The zero-order valence-corrected chi connectivity index (χ0v) is 11.4. The van der Waals surface area contributed by atoms with Crippen LogP contribution in [0.3, 0.4) is 0 Å². The molecule has 1 aliphatic carbocycles. The molecule has 0 radical (unpaired) electrons. The molecule has 1 aliphatic rings. The van der Waals surface area contributed by atoms with Crippen LogP contribution in [0.4, 0.5) is 13.2 Å². The lowest BCUT2D eigenvalue weighted by molar-refractivity contribution is -0.253. The normalized spacial score (nSPS) is 31.3. The van der Waals surface area contributed by atoms with Gasteiger partial charge in [0.1, 0.15) is 0 Å². The van der Waals surface area contributed by atoms with Crippen LogP contribution in [0.5, 0.6) is 0 Å². The molecule has 0 spiro atoms. The van der Waals surface area contributed by atoms with Crippen LogP contribution < -0.4 is 5.32 Å². The van der Waals surface area contributed by atoms with E-state index in [1.54, 1.807) is 0 Å². The average Bonchev–Trinajstić information content (AvgIpc) is 2.25. The summed E-state index contributed by atoms with van der Waals surface area (Å²) in [5.41, 5.74) is -0.650. The molecule has 1 rings (SSSR count). The van der Waals surface area contributed by atoms with E-state index in [1.807, 2.05) is 6.92 Å². The van der Waals surface area contributed by atoms with E-state index in [2.05, 4.69) is 12.2 Å². The van der Waals surface area contributed by atoms with Crippen molar-refractivity contribution in [3.63, 3.8) is 0 Å². The van der Waals surface area contributed by atoms with Gasteiger partial charge in [-0.3, -0.25) is 0 Å². The van der Waals surface area contributed by atoms with E-state index in [0.717, 1.165) is 26.3 Å². The molecular formula is C13H24F3NO. The van der Waals surface area contributed by atoms with Gasteiger partial charge in [-0.2, -0.15) is 13.2 Å². The molecule has 3 atom stereocenters. The van der Waals surface area contributed by atoms with Gasteiger partial charge in [0.2, 0.25) is 0 Å². The third kappa shape index (κ3) is 4.43. The summed E-state index contributed by atoms with van der Waals surface area (Å²) >= 11 is 0. The number of hydrogen-bond donors (Lipinski definition) is 1. The number of likely N-dealkylation sites (N-methyl/N-ethyl adjacent to an activating group) is 1. The lowest BCUT2D eigenvalue weighted by atomic mass is 9.78. The average molecular weight is 267 g/mol. The minimum Gasteiger partial charge on any atom is -0.361 e. The van der Waals surface area contributed by atoms with Gasteiger partial charge < -0.3 is 10.1 Å². The van der Waals surface area contributed by atoms with Crippen molar-refractivity contribution in [2.24, 2.45) is 5.92 Å². The Kier molecular flexibility index (Phi) is 5.46. The maximum Gasteiger partial charge on any atom is 0.414 e. The highest BCUT2D eigenvalue weighted by atomic mass is 19.4. The fraction of sp³-hybridized carbons (Fsp3) is 1.00. The molecule has 0 saturated heterocycles. The van der Waals surface area contributed by atoms with Crippen LogP contribution in [0.2, 0.25) is 0 Å². The molecule has 0 aromatic carbocycles. The molecular weight excluding hydrogens is 243 g/mol. The lowest BCUT2D eigenvalue weighted by Gasteiger charge is -2.42. The molecule has 0 amide bonds. The SMILES string of the molecule is CCNCC1(OC(C)C(F)(F)F)CCCC(C)C1. The highest BCUT2D eigenvalue weighted by Crippen LogP contribution is 2.38. The molecule has 0 aliphatic heterocycles. The summed E-state index contributed by atoms with van der Waals surface area (Å²) in [6, 6.07) is 0. The van der Waals surface area contributed by atoms with Crippen molar-refractivity contribution in [3.05, 3.63) is 0 Å². The van der Waals surface area contributed by atoms with E-state index in [4.69, 9.17) is 4.74 Å². The molecule has 1 N–H and O–H groups in total. The third-order valence-corrected chi connectivity index (χ3v) is 3.63. The first kappa shape index (κ1) is 15.8. The number of nitrogens with one attached hydrogen (secondary N) is 1. The molecule has 1 fully saturated rings. The molecule has 3 unspecified atom stereocenters. The number of halogens is 3. The molecule has 5 heteroatoms. The molecule has 1 saturated carbocycles. The summed E-state index contributed by atoms with van der Waals surface area (Å²) in [6.07, 6.45) is -2.53. The first-order valence-electron chi connectivity index (χ1n) is 6.74. The van der Waals surface area contributed by atoms with Gasteiger partial charge in [0.05, 0.1) is 5.60 Å². The van der Waals surface area contributed by atoms with Crippen LogP contribution in [0, 0.1) is 5.92 Å². The Balaban J connectivity index is 2.71. The van der Waals surface area contributed by atoms with Gasteiger partial charge in [-0.25, -0.2) is 0 Å². The highest BCUT2D eigenvalue weighted by Gasteiger charge is 2.44. The van der Waals surface area contributed by atoms with Crippen LogP contribution in [-0.2, 0) is 4.74 Å². The van der Waals surface area contributed by atoms with Crippen molar-refractivity contribution < 1.29 is 17.9 Å². The summed E-state index contributed by atoms with van der Waals surface area (Å²) in [5.74, 6) is 0.429. The zero-order valence-electron chi connectivity index (χ0n) is 11.4. The van der Waals surface area contributed by atoms with Crippen molar-refractivity contribution in [1.82, 2.24) is 5.32 Å². The van der Waals surface area contributed by atoms with Crippen molar-refractivity contribution in [2.45, 2.75) is 64.3 Å². The van der Waals surface area contributed by atoms with Gasteiger partial charge >= 0.3 is 6.18 Å². The summed E-state index contributed by atoms with van der Waals surface area (Å²) in [6.45, 7) is 6.40. The first-order valence-corrected chi connectivity index (χ1v) is 6.74. The zero-order chi connectivity index (χ0) is 13.8. The fourth-order valence-electron chi connectivity index (χ4n) is 2.72. The van der Waals surface area contributed by atoms with Gasteiger partial charge in [-0.05, 0) is 32.2 Å². The molecule has 18 heavy (non-hydrogen) atoms. The Morgan fingerprint density at radius 1 is 1.44 bits per heavy atom. The van der Waals surface area contributed by atoms with Crippen LogP contribution in [0.25, 0.3) is 0 Å². The number of alkyl halides is 3. The standard InChI is InChI=1S/C13H24F3NO/c1-4-17-9-12(7-5-6-10(2)8-12)18-11(3)13(14,15)16/h10-11,17H,4-9H2,1-3H3. The smallest absolute Gasteiger partial charge is 0.361 e. The van der Waals surface area contributed by atoms with Crippen molar-refractivity contribution in [3.8, 4) is 0 Å². The lowest BCUT2D eigenvalue weighted by Crippen LogP contribution is -2.50. The maximum absolute atomic E-state index is 12.6.